The first-order valence-electron chi connectivity index (χ1n) is 8.06. The molecule has 0 radical (unpaired) electrons. The van der Waals surface area contributed by atoms with Crippen molar-refractivity contribution < 1.29 is 21.6 Å². The van der Waals surface area contributed by atoms with Gasteiger partial charge in [-0.2, -0.15) is 13.2 Å². The fourth-order valence-corrected chi connectivity index (χ4v) is 4.29. The van der Waals surface area contributed by atoms with Gasteiger partial charge in [-0.05, 0) is 36.5 Å². The van der Waals surface area contributed by atoms with Crippen LogP contribution in [-0.2, 0) is 16.2 Å². The summed E-state index contributed by atoms with van der Waals surface area (Å²) in [6.45, 7) is 5.62. The van der Waals surface area contributed by atoms with Crippen molar-refractivity contribution in [3.8, 4) is 0 Å². The van der Waals surface area contributed by atoms with E-state index in [0.29, 0.717) is 30.6 Å². The zero-order valence-corrected chi connectivity index (χ0v) is 14.6. The maximum absolute atomic E-state index is 13.2. The van der Waals surface area contributed by atoms with E-state index in [9.17, 15) is 21.6 Å². The monoisotopic (exact) mass is 364 g/mol. The molecular weight excluding hydrogens is 341 g/mol. The normalized spacial score (nSPS) is 19.3. The Bertz CT molecular complexity index is 685. The molecule has 1 saturated heterocycles. The van der Waals surface area contributed by atoms with E-state index in [0.717, 1.165) is 31.4 Å². The third kappa shape index (κ3) is 4.03. The average Bonchev–Trinajstić information content (AvgIpc) is 2.96. The lowest BCUT2D eigenvalue weighted by Gasteiger charge is -2.24. The molecule has 0 aromatic heterocycles. The van der Waals surface area contributed by atoms with Crippen LogP contribution >= 0.6 is 0 Å². The van der Waals surface area contributed by atoms with Crippen LogP contribution in [0.25, 0.3) is 0 Å². The maximum Gasteiger partial charge on any atom is 0.417 e. The van der Waals surface area contributed by atoms with Crippen molar-refractivity contribution in [2.75, 3.05) is 18.0 Å². The molecule has 2 N–H and O–H groups in total. The molecule has 1 aromatic carbocycles. The molecule has 1 aliphatic heterocycles. The van der Waals surface area contributed by atoms with Crippen molar-refractivity contribution >= 4 is 15.7 Å². The first kappa shape index (κ1) is 19.1. The van der Waals surface area contributed by atoms with E-state index in [1.165, 1.54) is 6.07 Å². The third-order valence-electron chi connectivity index (χ3n) is 4.88. The summed E-state index contributed by atoms with van der Waals surface area (Å²) in [7, 11) is -4.43. The molecule has 4 nitrogen and oxygen atoms in total. The molecule has 24 heavy (non-hydrogen) atoms. The lowest BCUT2D eigenvalue weighted by atomic mass is 9.87. The van der Waals surface area contributed by atoms with Gasteiger partial charge in [0, 0.05) is 18.8 Å². The lowest BCUT2D eigenvalue weighted by molar-refractivity contribution is -0.139. The Kier molecular flexibility index (Phi) is 5.49. The molecule has 136 valence electrons. The van der Waals surface area contributed by atoms with Crippen LogP contribution in [0, 0.1) is 11.8 Å². The van der Waals surface area contributed by atoms with Gasteiger partial charge in [-0.1, -0.05) is 26.7 Å². The van der Waals surface area contributed by atoms with Crippen LogP contribution in [0.5, 0.6) is 0 Å². The van der Waals surface area contributed by atoms with Crippen molar-refractivity contribution in [3.05, 3.63) is 23.8 Å². The molecule has 2 rings (SSSR count). The summed E-state index contributed by atoms with van der Waals surface area (Å²) in [6.07, 6.45) is -1.74. The Hall–Kier alpha value is -1.28. The fourth-order valence-electron chi connectivity index (χ4n) is 3.55. The van der Waals surface area contributed by atoms with E-state index in [-0.39, 0.29) is 0 Å². The predicted octanol–water partition coefficient (Wildman–Crippen LogP) is 3.62. The van der Waals surface area contributed by atoms with Crippen LogP contribution in [0.1, 0.15) is 38.7 Å². The summed E-state index contributed by atoms with van der Waals surface area (Å²) in [6, 6.07) is 3.26. The average molecular weight is 364 g/mol. The number of anilines is 1. The molecule has 1 aliphatic rings. The number of nitrogens with two attached hydrogens (primary N) is 1. The Morgan fingerprint density at radius 3 is 2.42 bits per heavy atom. The van der Waals surface area contributed by atoms with Gasteiger partial charge >= 0.3 is 6.18 Å². The minimum Gasteiger partial charge on any atom is -0.371 e. The quantitative estimate of drug-likeness (QED) is 0.868. The zero-order chi connectivity index (χ0) is 18.1. The number of primary sulfonamides is 1. The summed E-state index contributed by atoms with van der Waals surface area (Å²) in [5, 5.41) is 4.91. The molecule has 1 atom stereocenters. The summed E-state index contributed by atoms with van der Waals surface area (Å²) in [5.41, 5.74) is -0.809. The van der Waals surface area contributed by atoms with Gasteiger partial charge in [0.05, 0.1) is 10.5 Å². The fraction of sp³-hybridized carbons (Fsp3) is 0.625. The molecule has 8 heteroatoms. The van der Waals surface area contributed by atoms with E-state index >= 15 is 0 Å². The topological polar surface area (TPSA) is 63.4 Å². The standard InChI is InChI=1S/C16H23F3N2O2S/c1-3-11(4-2)12-7-8-21(10-12)13-5-6-15(24(20,22)23)14(9-13)16(17,18)19/h5-6,9,11-12H,3-4,7-8,10H2,1-2H3,(H2,20,22,23). The van der Waals surface area contributed by atoms with E-state index < -0.39 is 26.7 Å². The van der Waals surface area contributed by atoms with Crippen LogP contribution in [0.2, 0.25) is 0 Å². The summed E-state index contributed by atoms with van der Waals surface area (Å²) < 4.78 is 62.5. The number of sulfonamides is 1. The second-order valence-electron chi connectivity index (χ2n) is 6.29. The first-order valence-corrected chi connectivity index (χ1v) is 9.61. The molecule has 1 unspecified atom stereocenters. The summed E-state index contributed by atoms with van der Waals surface area (Å²) in [4.78, 5) is 1.01. The number of hydrogen-bond donors (Lipinski definition) is 1. The van der Waals surface area contributed by atoms with Gasteiger partial charge in [0.2, 0.25) is 10.0 Å². The van der Waals surface area contributed by atoms with Crippen molar-refractivity contribution in [2.24, 2.45) is 17.0 Å². The van der Waals surface area contributed by atoms with Crippen molar-refractivity contribution in [3.63, 3.8) is 0 Å². The lowest BCUT2D eigenvalue weighted by Crippen LogP contribution is -2.24. The predicted molar refractivity (Wildman–Crippen MR) is 87.2 cm³/mol. The minimum atomic E-state index is -4.77. The van der Waals surface area contributed by atoms with Crippen LogP contribution < -0.4 is 10.0 Å². The third-order valence-corrected chi connectivity index (χ3v) is 5.85. The number of nitrogens with zero attached hydrogens (tertiary/aromatic N) is 1. The van der Waals surface area contributed by atoms with E-state index in [2.05, 4.69) is 13.8 Å². The number of halogens is 3. The van der Waals surface area contributed by atoms with E-state index in [1.54, 1.807) is 0 Å². The summed E-state index contributed by atoms with van der Waals surface area (Å²) in [5.74, 6) is 1.01. The van der Waals surface area contributed by atoms with Crippen LogP contribution in [-0.4, -0.2) is 21.5 Å². The highest BCUT2D eigenvalue weighted by Crippen LogP contribution is 2.38. The molecule has 0 amide bonds. The molecule has 0 saturated carbocycles. The van der Waals surface area contributed by atoms with Gasteiger partial charge in [0.1, 0.15) is 0 Å². The zero-order valence-electron chi connectivity index (χ0n) is 13.8. The Labute approximate surface area is 140 Å². The largest absolute Gasteiger partial charge is 0.417 e. The van der Waals surface area contributed by atoms with Crippen LogP contribution in [0.15, 0.2) is 23.1 Å². The molecule has 0 spiro atoms. The first-order chi connectivity index (χ1) is 11.1. The Balaban J connectivity index is 2.33. The molecule has 1 fully saturated rings. The highest BCUT2D eigenvalue weighted by Gasteiger charge is 2.37. The van der Waals surface area contributed by atoms with Crippen LogP contribution in [0.3, 0.4) is 0 Å². The highest BCUT2D eigenvalue weighted by molar-refractivity contribution is 7.89. The summed E-state index contributed by atoms with van der Waals surface area (Å²) >= 11 is 0. The number of hydrogen-bond acceptors (Lipinski definition) is 3. The molecular formula is C16H23F3N2O2S. The van der Waals surface area contributed by atoms with Gasteiger partial charge < -0.3 is 4.90 Å². The molecule has 0 aliphatic carbocycles. The van der Waals surface area contributed by atoms with Gasteiger partial charge in [-0.15, -0.1) is 0 Å². The molecule has 1 heterocycles. The SMILES string of the molecule is CCC(CC)C1CCN(c2ccc(S(N)(=O)=O)c(C(F)(F)F)c2)C1. The second kappa shape index (κ2) is 6.92. The van der Waals surface area contributed by atoms with Crippen molar-refractivity contribution in [1.29, 1.82) is 0 Å². The number of benzene rings is 1. The second-order valence-corrected chi connectivity index (χ2v) is 7.82. The van der Waals surface area contributed by atoms with Gasteiger partial charge in [0.15, 0.2) is 0 Å². The Morgan fingerprint density at radius 1 is 1.29 bits per heavy atom. The van der Waals surface area contributed by atoms with Gasteiger partial charge in [-0.25, -0.2) is 13.6 Å². The highest BCUT2D eigenvalue weighted by atomic mass is 32.2. The minimum absolute atomic E-state index is 0.392. The maximum atomic E-state index is 13.2. The van der Waals surface area contributed by atoms with Gasteiger partial charge in [0.25, 0.3) is 0 Å². The molecule has 1 aromatic rings. The van der Waals surface area contributed by atoms with Crippen molar-refractivity contribution in [1.82, 2.24) is 0 Å². The smallest absolute Gasteiger partial charge is 0.371 e. The van der Waals surface area contributed by atoms with E-state index in [4.69, 9.17) is 5.14 Å². The number of rotatable bonds is 5. The number of alkyl halides is 3. The molecule has 0 bridgehead atoms. The van der Waals surface area contributed by atoms with E-state index in [1.807, 2.05) is 4.90 Å². The van der Waals surface area contributed by atoms with Gasteiger partial charge in [-0.3, -0.25) is 0 Å². The van der Waals surface area contributed by atoms with Crippen LogP contribution in [0.4, 0.5) is 18.9 Å². The Morgan fingerprint density at radius 2 is 1.92 bits per heavy atom. The van der Waals surface area contributed by atoms with Crippen molar-refractivity contribution in [2.45, 2.75) is 44.2 Å².